The summed E-state index contributed by atoms with van der Waals surface area (Å²) in [6.07, 6.45) is 5.70. The van der Waals surface area contributed by atoms with E-state index in [1.807, 2.05) is 6.07 Å². The summed E-state index contributed by atoms with van der Waals surface area (Å²) in [5.74, 6) is 2.52. The second kappa shape index (κ2) is 7.09. The molecule has 28 heavy (non-hydrogen) atoms. The number of benzene rings is 1. The molecule has 0 amide bonds. The Morgan fingerprint density at radius 3 is 2.82 bits per heavy atom. The van der Waals surface area contributed by atoms with Gasteiger partial charge in [-0.25, -0.2) is 0 Å². The van der Waals surface area contributed by atoms with Crippen LogP contribution in [-0.2, 0) is 11.2 Å². The van der Waals surface area contributed by atoms with Crippen LogP contribution in [0.5, 0.6) is 0 Å². The van der Waals surface area contributed by atoms with Crippen LogP contribution in [0.15, 0.2) is 53.3 Å². The molecule has 0 spiro atoms. The van der Waals surface area contributed by atoms with E-state index in [0.29, 0.717) is 30.4 Å². The number of H-pyrrole nitrogens is 1. The van der Waals surface area contributed by atoms with E-state index in [2.05, 4.69) is 58.1 Å². The van der Waals surface area contributed by atoms with Crippen LogP contribution in [0.2, 0.25) is 0 Å². The Hall–Kier alpha value is -2.60. The molecular formula is C22H26N4O2. The highest BCUT2D eigenvalue weighted by molar-refractivity contribution is 5.47. The van der Waals surface area contributed by atoms with E-state index in [0.717, 1.165) is 31.9 Å². The molecule has 3 aliphatic rings. The van der Waals surface area contributed by atoms with Crippen molar-refractivity contribution in [2.24, 2.45) is 11.8 Å². The molecular weight excluding hydrogens is 352 g/mol. The third-order valence-corrected chi connectivity index (χ3v) is 6.17. The van der Waals surface area contributed by atoms with Gasteiger partial charge in [0.2, 0.25) is 5.95 Å². The molecule has 0 bridgehead atoms. The number of fused-ring (bicyclic) bond motifs is 1. The third kappa shape index (κ3) is 3.22. The van der Waals surface area contributed by atoms with Crippen molar-refractivity contribution in [1.82, 2.24) is 9.97 Å². The maximum absolute atomic E-state index is 12.4. The monoisotopic (exact) mass is 378 g/mol. The Morgan fingerprint density at radius 2 is 2.07 bits per heavy atom. The average molecular weight is 378 g/mol. The zero-order chi connectivity index (χ0) is 19.1. The molecule has 6 heteroatoms. The number of rotatable bonds is 4. The predicted octanol–water partition coefficient (Wildman–Crippen LogP) is 2.23. The summed E-state index contributed by atoms with van der Waals surface area (Å²) in [5, 5.41) is 0. The van der Waals surface area contributed by atoms with Crippen LogP contribution < -0.4 is 15.4 Å². The van der Waals surface area contributed by atoms with Gasteiger partial charge >= 0.3 is 0 Å². The highest BCUT2D eigenvalue weighted by Crippen LogP contribution is 2.41. The first-order chi connectivity index (χ1) is 13.7. The van der Waals surface area contributed by atoms with E-state index in [1.54, 1.807) is 6.07 Å². The summed E-state index contributed by atoms with van der Waals surface area (Å²) in [5.41, 5.74) is 1.23. The summed E-state index contributed by atoms with van der Waals surface area (Å²) >= 11 is 0. The molecule has 0 radical (unpaired) electrons. The van der Waals surface area contributed by atoms with Crippen LogP contribution in [0, 0.1) is 11.8 Å². The molecule has 1 aromatic carbocycles. The number of hydrogen-bond donors (Lipinski definition) is 1. The van der Waals surface area contributed by atoms with Crippen molar-refractivity contribution >= 4 is 11.8 Å². The first kappa shape index (κ1) is 17.5. The lowest BCUT2D eigenvalue weighted by atomic mass is 9.79. The predicted molar refractivity (Wildman–Crippen MR) is 110 cm³/mol. The van der Waals surface area contributed by atoms with Crippen molar-refractivity contribution in [3.63, 3.8) is 0 Å². The lowest BCUT2D eigenvalue weighted by Crippen LogP contribution is -2.42. The quantitative estimate of drug-likeness (QED) is 0.827. The fraction of sp³-hybridized carbons (Fsp3) is 0.455. The van der Waals surface area contributed by atoms with Gasteiger partial charge in [-0.3, -0.25) is 9.78 Å². The molecule has 1 aliphatic carbocycles. The standard InChI is InChI=1S/C22H26N4O2/c1-15-13-25(9-10-28-15)20-12-21(27)24-22(23-20)26-14-17-7-8-18(17)19(26)11-16-5-3-2-4-6-16/h2-8,12,15,17-19H,9-11,13-14H2,1H3,(H,23,24,27)/t15-,17+,18+,19-/m1/s1. The molecule has 0 saturated carbocycles. The van der Waals surface area contributed by atoms with Crippen LogP contribution in [-0.4, -0.2) is 48.4 Å². The molecule has 2 aliphatic heterocycles. The third-order valence-electron chi connectivity index (χ3n) is 6.17. The lowest BCUT2D eigenvalue weighted by Gasteiger charge is -2.33. The first-order valence-electron chi connectivity index (χ1n) is 10.1. The second-order valence-electron chi connectivity index (χ2n) is 8.09. The van der Waals surface area contributed by atoms with Gasteiger partial charge in [-0.1, -0.05) is 42.5 Å². The first-order valence-corrected chi connectivity index (χ1v) is 10.1. The number of ether oxygens (including phenoxy) is 1. The van der Waals surface area contributed by atoms with E-state index < -0.39 is 0 Å². The molecule has 2 aromatic rings. The molecule has 6 nitrogen and oxygen atoms in total. The Labute approximate surface area is 164 Å². The molecule has 4 atom stereocenters. The molecule has 2 fully saturated rings. The van der Waals surface area contributed by atoms with Crippen molar-refractivity contribution < 1.29 is 4.74 Å². The largest absolute Gasteiger partial charge is 0.375 e. The number of morpholine rings is 1. The van der Waals surface area contributed by atoms with Crippen molar-refractivity contribution in [2.45, 2.75) is 25.5 Å². The van der Waals surface area contributed by atoms with Gasteiger partial charge in [0.05, 0.1) is 12.7 Å². The zero-order valence-corrected chi connectivity index (χ0v) is 16.1. The van der Waals surface area contributed by atoms with Crippen LogP contribution in [0.3, 0.4) is 0 Å². The Morgan fingerprint density at radius 1 is 1.21 bits per heavy atom. The molecule has 2 saturated heterocycles. The molecule has 1 aromatic heterocycles. The smallest absolute Gasteiger partial charge is 0.254 e. The highest BCUT2D eigenvalue weighted by atomic mass is 16.5. The fourth-order valence-corrected chi connectivity index (χ4v) is 4.67. The van der Waals surface area contributed by atoms with Gasteiger partial charge in [-0.2, -0.15) is 4.98 Å². The Bertz CT molecular complexity index is 926. The summed E-state index contributed by atoms with van der Waals surface area (Å²) in [7, 11) is 0. The van der Waals surface area contributed by atoms with Crippen molar-refractivity contribution in [2.75, 3.05) is 36.0 Å². The van der Waals surface area contributed by atoms with Gasteiger partial charge in [0.1, 0.15) is 5.82 Å². The molecule has 146 valence electrons. The number of nitrogens with zero attached hydrogens (tertiary/aromatic N) is 3. The zero-order valence-electron chi connectivity index (χ0n) is 16.1. The molecule has 3 heterocycles. The SMILES string of the molecule is C[C@@H]1CN(c2cc(=O)[nH]c(N3C[C@@H]4C=C[C@@H]4[C@H]3Cc3ccccc3)n2)CCO1. The summed E-state index contributed by atoms with van der Waals surface area (Å²) in [6, 6.07) is 12.5. The maximum atomic E-state index is 12.4. The van der Waals surface area contributed by atoms with Gasteiger partial charge in [0.15, 0.2) is 0 Å². The van der Waals surface area contributed by atoms with Crippen molar-refractivity contribution in [1.29, 1.82) is 0 Å². The molecule has 0 unspecified atom stereocenters. The topological polar surface area (TPSA) is 61.5 Å². The van der Waals surface area contributed by atoms with Crippen molar-refractivity contribution in [3.05, 3.63) is 64.5 Å². The highest BCUT2D eigenvalue weighted by Gasteiger charge is 2.44. The van der Waals surface area contributed by atoms with Crippen LogP contribution in [0.4, 0.5) is 11.8 Å². The van der Waals surface area contributed by atoms with Crippen molar-refractivity contribution in [3.8, 4) is 0 Å². The fourth-order valence-electron chi connectivity index (χ4n) is 4.67. The van der Waals surface area contributed by atoms with E-state index >= 15 is 0 Å². The number of anilines is 2. The van der Waals surface area contributed by atoms with E-state index in [1.165, 1.54) is 5.56 Å². The number of aromatic nitrogens is 2. The van der Waals surface area contributed by atoms with Crippen LogP contribution in [0.25, 0.3) is 0 Å². The minimum Gasteiger partial charge on any atom is -0.375 e. The maximum Gasteiger partial charge on any atom is 0.254 e. The summed E-state index contributed by atoms with van der Waals surface area (Å²) < 4.78 is 5.64. The van der Waals surface area contributed by atoms with Crippen LogP contribution >= 0.6 is 0 Å². The Balaban J connectivity index is 1.45. The van der Waals surface area contributed by atoms with Gasteiger partial charge < -0.3 is 14.5 Å². The molecule has 5 rings (SSSR count). The van der Waals surface area contributed by atoms with Gasteiger partial charge in [-0.05, 0) is 18.9 Å². The van der Waals surface area contributed by atoms with Gasteiger partial charge in [-0.15, -0.1) is 0 Å². The summed E-state index contributed by atoms with van der Waals surface area (Å²) in [4.78, 5) is 24.8. The second-order valence-corrected chi connectivity index (χ2v) is 8.09. The number of aromatic amines is 1. The average Bonchev–Trinajstić information content (AvgIpc) is 2.91. The lowest BCUT2D eigenvalue weighted by molar-refractivity contribution is 0.0529. The van der Waals surface area contributed by atoms with E-state index in [-0.39, 0.29) is 11.7 Å². The minimum atomic E-state index is -0.0928. The van der Waals surface area contributed by atoms with Gasteiger partial charge in [0.25, 0.3) is 5.56 Å². The molecule has 1 N–H and O–H groups in total. The minimum absolute atomic E-state index is 0.0928. The van der Waals surface area contributed by atoms with Gasteiger partial charge in [0, 0.05) is 43.6 Å². The van der Waals surface area contributed by atoms with Crippen LogP contribution in [0.1, 0.15) is 12.5 Å². The number of nitrogens with one attached hydrogen (secondary N) is 1. The number of hydrogen-bond acceptors (Lipinski definition) is 5. The van der Waals surface area contributed by atoms with E-state index in [9.17, 15) is 4.79 Å². The van der Waals surface area contributed by atoms with E-state index in [4.69, 9.17) is 9.72 Å². The normalized spacial score (nSPS) is 28.9. The summed E-state index contributed by atoms with van der Waals surface area (Å²) in [6.45, 7) is 5.15. The Kier molecular flexibility index (Phi) is 4.43.